The van der Waals surface area contributed by atoms with Crippen LogP contribution >= 0.6 is 0 Å². The van der Waals surface area contributed by atoms with E-state index in [1.54, 1.807) is 4.90 Å². The summed E-state index contributed by atoms with van der Waals surface area (Å²) in [5.41, 5.74) is 5.96. The molecule has 3 aromatic heterocycles. The van der Waals surface area contributed by atoms with E-state index in [1.807, 2.05) is 88.8 Å². The number of rotatable bonds is 11. The second kappa shape index (κ2) is 16.3. The van der Waals surface area contributed by atoms with Gasteiger partial charge in [0.2, 0.25) is 0 Å². The highest BCUT2D eigenvalue weighted by Gasteiger charge is 2.37. The van der Waals surface area contributed by atoms with Gasteiger partial charge in [0.15, 0.2) is 14.1 Å². The lowest BCUT2D eigenvalue weighted by Crippen LogP contribution is -2.41. The average Bonchev–Trinajstić information content (AvgIpc) is 3.53. The first kappa shape index (κ1) is 41.6. The molecular weight excluding hydrogens is 713 g/mol. The van der Waals surface area contributed by atoms with Crippen molar-refractivity contribution in [2.75, 3.05) is 13.1 Å². The first-order chi connectivity index (χ1) is 25.2. The Hall–Kier alpha value is -3.55. The van der Waals surface area contributed by atoms with Crippen LogP contribution in [0, 0.1) is 0 Å². The van der Waals surface area contributed by atoms with E-state index in [4.69, 9.17) is 24.2 Å². The van der Waals surface area contributed by atoms with Gasteiger partial charge in [0, 0.05) is 35.4 Å². The molecule has 1 amide bonds. The third-order valence-corrected chi connectivity index (χ3v) is 16.2. The van der Waals surface area contributed by atoms with Crippen LogP contribution in [0.4, 0.5) is 4.79 Å². The molecule has 5 rings (SSSR count). The zero-order valence-electron chi connectivity index (χ0n) is 34.4. The first-order valence-electron chi connectivity index (χ1n) is 19.1. The van der Waals surface area contributed by atoms with Gasteiger partial charge in [-0.05, 0) is 120 Å². The maximum absolute atomic E-state index is 13.2. The number of aromatic nitrogens is 4. The van der Waals surface area contributed by atoms with Crippen molar-refractivity contribution in [1.82, 2.24) is 29.4 Å². The van der Waals surface area contributed by atoms with Crippen molar-refractivity contribution in [3.8, 4) is 17.1 Å². The fourth-order valence-corrected chi connectivity index (χ4v) is 7.73. The molecule has 0 bridgehead atoms. The number of ether oxygens (including phenoxy) is 1. The summed E-state index contributed by atoms with van der Waals surface area (Å²) in [6, 6.07) is 16.2. The van der Waals surface area contributed by atoms with Crippen LogP contribution in [0.5, 0.6) is 0 Å². The van der Waals surface area contributed by atoms with Crippen molar-refractivity contribution in [2.24, 2.45) is 0 Å². The molecule has 2 atom stereocenters. The molecule has 292 valence electrons. The predicted octanol–water partition coefficient (Wildman–Crippen LogP) is 9.92. The second-order valence-electron chi connectivity index (χ2n) is 17.7. The molecule has 0 fully saturated rings. The van der Waals surface area contributed by atoms with E-state index < -0.39 is 30.0 Å². The van der Waals surface area contributed by atoms with E-state index in [2.05, 4.69) is 63.7 Å². The van der Waals surface area contributed by atoms with Gasteiger partial charge in [0.05, 0.1) is 41.4 Å². The van der Waals surface area contributed by atoms with Crippen LogP contribution in [-0.2, 0) is 27.1 Å². The van der Waals surface area contributed by atoms with Crippen molar-refractivity contribution in [3.05, 3.63) is 77.8 Å². The predicted molar refractivity (Wildman–Crippen MR) is 223 cm³/mol. The third kappa shape index (κ3) is 10.00. The van der Waals surface area contributed by atoms with E-state index in [1.165, 1.54) is 0 Å². The molecule has 4 aromatic rings. The lowest BCUT2D eigenvalue weighted by Gasteiger charge is -2.36. The van der Waals surface area contributed by atoms with E-state index in [0.29, 0.717) is 31.9 Å². The molecule has 4 heterocycles. The van der Waals surface area contributed by atoms with Gasteiger partial charge in [-0.3, -0.25) is 4.98 Å². The van der Waals surface area contributed by atoms with Gasteiger partial charge in [0.1, 0.15) is 10.3 Å². The standard InChI is InChI=1S/C42H60N6O4SSi/c1-13-16-36(46-53(50)41(5,6)7)35-19-15-18-34(45-35)30-25-32(29-21-23-47(24-22-29)39(49)52-40(2,3)4)33-27-43-48(37(33)26-30)38-20-14-17-31(44-38)28-51-54(11,12)42(8,9)10/h14-15,17-21,25-27,36,46H,13,16,22-24,28H2,1-12H3/t36-,53-/m1/s1. The van der Waals surface area contributed by atoms with E-state index in [-0.39, 0.29) is 17.2 Å². The number of benzene rings is 1. The van der Waals surface area contributed by atoms with Crippen LogP contribution in [-0.4, -0.2) is 67.0 Å². The van der Waals surface area contributed by atoms with E-state index >= 15 is 0 Å². The molecule has 1 aliphatic rings. The number of nitrogens with zero attached hydrogens (tertiary/aromatic N) is 5. The molecule has 54 heavy (non-hydrogen) atoms. The summed E-state index contributed by atoms with van der Waals surface area (Å²) in [5, 5.41) is 5.98. The molecule has 0 saturated heterocycles. The number of carbonyl (C=O) groups excluding carboxylic acids is 1. The molecule has 0 spiro atoms. The van der Waals surface area contributed by atoms with Gasteiger partial charge in [-0.25, -0.2) is 14.5 Å². The molecule has 0 unspecified atom stereocenters. The summed E-state index contributed by atoms with van der Waals surface area (Å²) in [5.74, 6) is 0.705. The second-order valence-corrected chi connectivity index (χ2v) is 24.5. The van der Waals surface area contributed by atoms with Gasteiger partial charge in [-0.15, -0.1) is 4.72 Å². The first-order valence-corrected chi connectivity index (χ1v) is 23.2. The van der Waals surface area contributed by atoms with E-state index in [9.17, 15) is 9.35 Å². The van der Waals surface area contributed by atoms with Gasteiger partial charge < -0.3 is 18.6 Å². The summed E-state index contributed by atoms with van der Waals surface area (Å²) in [6.07, 6.45) is 6.10. The maximum atomic E-state index is 13.2. The molecule has 10 nitrogen and oxygen atoms in total. The van der Waals surface area contributed by atoms with Crippen LogP contribution in [0.1, 0.15) is 111 Å². The van der Waals surface area contributed by atoms with Crippen LogP contribution in [0.25, 0.3) is 33.6 Å². The number of fused-ring (bicyclic) bond motifs is 1. The van der Waals surface area contributed by atoms with Gasteiger partial charge >= 0.3 is 6.09 Å². The SMILES string of the molecule is CCC[C@@H](N[S@+]([O-])C(C)(C)C)c1cccc(-c2cc(C3=CCN(C(=O)OC(C)(C)C)CC3)c3cnn(-c4cccc(CO[Si](C)(C)C(C)(C)C)n4)c3c2)n1. The molecule has 1 aromatic carbocycles. The molecule has 1 N–H and O–H groups in total. The minimum atomic E-state index is -1.98. The minimum Gasteiger partial charge on any atom is -0.598 e. The summed E-state index contributed by atoms with van der Waals surface area (Å²) < 4.78 is 30.2. The van der Waals surface area contributed by atoms with Gasteiger partial charge in [0.25, 0.3) is 0 Å². The quantitative estimate of drug-likeness (QED) is 0.118. The highest BCUT2D eigenvalue weighted by atomic mass is 32.2. The largest absolute Gasteiger partial charge is 0.598 e. The fourth-order valence-electron chi connectivity index (χ4n) is 5.93. The smallest absolute Gasteiger partial charge is 0.410 e. The average molecular weight is 773 g/mol. The molecule has 0 radical (unpaired) electrons. The summed E-state index contributed by atoms with van der Waals surface area (Å²) >= 11 is -1.25. The molecular formula is C42H60N6O4SSi. The topological polar surface area (TPSA) is 117 Å². The Labute approximate surface area is 326 Å². The summed E-state index contributed by atoms with van der Waals surface area (Å²) in [6.45, 7) is 26.4. The maximum Gasteiger partial charge on any atom is 0.410 e. The van der Waals surface area contributed by atoms with Crippen molar-refractivity contribution < 1.29 is 18.5 Å². The fraction of sp³-hybridized carbons (Fsp3) is 0.524. The van der Waals surface area contributed by atoms with Crippen LogP contribution < -0.4 is 4.72 Å². The Balaban J connectivity index is 1.58. The number of nitrogens with one attached hydrogen (secondary N) is 1. The van der Waals surface area contributed by atoms with Gasteiger partial charge in [-0.1, -0.05) is 52.3 Å². The van der Waals surface area contributed by atoms with Crippen LogP contribution in [0.2, 0.25) is 18.1 Å². The Morgan fingerprint density at radius 1 is 1.02 bits per heavy atom. The Morgan fingerprint density at radius 3 is 2.37 bits per heavy atom. The number of hydrogen-bond donors (Lipinski definition) is 1. The molecule has 0 saturated carbocycles. The normalized spacial score (nSPS) is 15.6. The zero-order valence-corrected chi connectivity index (χ0v) is 36.2. The third-order valence-electron chi connectivity index (χ3n) is 10.1. The van der Waals surface area contributed by atoms with Gasteiger partial charge in [-0.2, -0.15) is 5.10 Å². The Bertz CT molecular complexity index is 1970. The Kier molecular flexibility index (Phi) is 12.5. The number of carbonyl (C=O) groups is 1. The van der Waals surface area contributed by atoms with Crippen LogP contribution in [0.3, 0.4) is 0 Å². The lowest BCUT2D eigenvalue weighted by atomic mass is 9.93. The number of pyridine rings is 2. The number of hydrogen-bond acceptors (Lipinski definition) is 8. The van der Waals surface area contributed by atoms with E-state index in [0.717, 1.165) is 57.5 Å². The minimum absolute atomic E-state index is 0.0922. The summed E-state index contributed by atoms with van der Waals surface area (Å²) in [4.78, 5) is 24.9. The molecule has 0 aliphatic carbocycles. The molecule has 12 heteroatoms. The van der Waals surface area contributed by atoms with Crippen molar-refractivity contribution >= 4 is 42.2 Å². The van der Waals surface area contributed by atoms with Crippen LogP contribution in [0.15, 0.2) is 60.8 Å². The molecule has 1 aliphatic heterocycles. The zero-order chi connectivity index (χ0) is 39.6. The highest BCUT2D eigenvalue weighted by Crippen LogP contribution is 2.38. The number of amides is 1. The Morgan fingerprint density at radius 2 is 1.74 bits per heavy atom. The monoisotopic (exact) mass is 772 g/mol. The lowest BCUT2D eigenvalue weighted by molar-refractivity contribution is 0.0270. The summed E-state index contributed by atoms with van der Waals surface area (Å²) in [7, 11) is -1.98. The van der Waals surface area contributed by atoms with Crippen molar-refractivity contribution in [2.45, 2.75) is 130 Å². The highest BCUT2D eigenvalue weighted by molar-refractivity contribution is 7.90. The van der Waals surface area contributed by atoms with Crippen molar-refractivity contribution in [3.63, 3.8) is 0 Å². The van der Waals surface area contributed by atoms with Crippen molar-refractivity contribution in [1.29, 1.82) is 0 Å².